The number of nitrogens with one attached hydrogen (secondary N) is 2. The Labute approximate surface area is 144 Å². The molecule has 1 aliphatic heterocycles. The standard InChI is InChI=1S/C18H17N3O4/c22-16(12-25-15-7-2-1-3-8-15)20-14-6-4-5-13(9-14)11-21-17(23)10-19-18(21)24/h1-9H,10-12H2,(H,19,24)(H,20,22). The van der Waals surface area contributed by atoms with E-state index in [9.17, 15) is 14.4 Å². The van der Waals surface area contributed by atoms with Crippen molar-refractivity contribution >= 4 is 23.5 Å². The van der Waals surface area contributed by atoms with E-state index in [0.29, 0.717) is 11.4 Å². The van der Waals surface area contributed by atoms with Crippen LogP contribution in [0, 0.1) is 0 Å². The summed E-state index contributed by atoms with van der Waals surface area (Å²) < 4.78 is 5.39. The molecule has 25 heavy (non-hydrogen) atoms. The zero-order valence-electron chi connectivity index (χ0n) is 13.4. The molecule has 1 fully saturated rings. The van der Waals surface area contributed by atoms with Crippen LogP contribution >= 0.6 is 0 Å². The van der Waals surface area contributed by atoms with Gasteiger partial charge in [-0.3, -0.25) is 14.5 Å². The lowest BCUT2D eigenvalue weighted by molar-refractivity contribution is -0.125. The van der Waals surface area contributed by atoms with Crippen molar-refractivity contribution in [2.24, 2.45) is 0 Å². The molecular weight excluding hydrogens is 322 g/mol. The number of benzene rings is 2. The van der Waals surface area contributed by atoms with Crippen LogP contribution in [-0.2, 0) is 16.1 Å². The number of hydrogen-bond donors (Lipinski definition) is 2. The molecule has 1 heterocycles. The molecule has 0 bridgehead atoms. The van der Waals surface area contributed by atoms with Crippen LogP contribution in [-0.4, -0.2) is 35.9 Å². The molecule has 7 nitrogen and oxygen atoms in total. The highest BCUT2D eigenvalue weighted by Crippen LogP contribution is 2.15. The van der Waals surface area contributed by atoms with E-state index in [2.05, 4.69) is 10.6 Å². The highest BCUT2D eigenvalue weighted by molar-refractivity contribution is 6.01. The summed E-state index contributed by atoms with van der Waals surface area (Å²) in [6, 6.07) is 15.6. The van der Waals surface area contributed by atoms with Crippen molar-refractivity contribution in [3.8, 4) is 5.75 Å². The van der Waals surface area contributed by atoms with Gasteiger partial charge in [0.15, 0.2) is 6.61 Å². The molecule has 0 aromatic heterocycles. The quantitative estimate of drug-likeness (QED) is 0.785. The molecule has 0 saturated carbocycles. The number of carbonyl (C=O) groups is 3. The van der Waals surface area contributed by atoms with E-state index in [0.717, 1.165) is 10.5 Å². The van der Waals surface area contributed by atoms with Gasteiger partial charge in [0.05, 0.1) is 13.1 Å². The number of urea groups is 1. The van der Waals surface area contributed by atoms with E-state index in [-0.39, 0.29) is 31.5 Å². The summed E-state index contributed by atoms with van der Waals surface area (Å²) in [6.45, 7) is 0.0717. The third-order valence-electron chi connectivity index (χ3n) is 3.60. The van der Waals surface area contributed by atoms with E-state index >= 15 is 0 Å². The Balaban J connectivity index is 1.57. The largest absolute Gasteiger partial charge is 0.484 e. The van der Waals surface area contributed by atoms with Gasteiger partial charge in [0.2, 0.25) is 5.91 Å². The van der Waals surface area contributed by atoms with Crippen molar-refractivity contribution in [1.29, 1.82) is 0 Å². The molecule has 0 radical (unpaired) electrons. The number of ether oxygens (including phenoxy) is 1. The Morgan fingerprint density at radius 1 is 1.12 bits per heavy atom. The number of nitrogens with zero attached hydrogens (tertiary/aromatic N) is 1. The second kappa shape index (κ2) is 7.48. The lowest BCUT2D eigenvalue weighted by atomic mass is 10.2. The van der Waals surface area contributed by atoms with Crippen LogP contribution in [0.4, 0.5) is 10.5 Å². The van der Waals surface area contributed by atoms with Gasteiger partial charge in [0.25, 0.3) is 5.91 Å². The molecule has 0 unspecified atom stereocenters. The summed E-state index contributed by atoms with van der Waals surface area (Å²) in [5.41, 5.74) is 1.32. The summed E-state index contributed by atoms with van der Waals surface area (Å²) in [4.78, 5) is 36.3. The van der Waals surface area contributed by atoms with Gasteiger partial charge in [-0.1, -0.05) is 30.3 Å². The molecule has 1 aliphatic rings. The average Bonchev–Trinajstić information content (AvgIpc) is 2.93. The number of anilines is 1. The second-order valence-corrected chi connectivity index (χ2v) is 5.49. The fourth-order valence-corrected chi connectivity index (χ4v) is 2.41. The summed E-state index contributed by atoms with van der Waals surface area (Å²) in [6.07, 6.45) is 0. The highest BCUT2D eigenvalue weighted by atomic mass is 16.5. The first-order valence-corrected chi connectivity index (χ1v) is 7.76. The number of hydrogen-bond acceptors (Lipinski definition) is 4. The first-order chi connectivity index (χ1) is 12.1. The molecule has 0 spiro atoms. The van der Waals surface area contributed by atoms with Crippen molar-refractivity contribution in [2.75, 3.05) is 18.5 Å². The van der Waals surface area contributed by atoms with Gasteiger partial charge >= 0.3 is 6.03 Å². The van der Waals surface area contributed by atoms with Gasteiger partial charge in [0, 0.05) is 5.69 Å². The first kappa shape index (κ1) is 16.5. The van der Waals surface area contributed by atoms with Crippen molar-refractivity contribution < 1.29 is 19.1 Å². The van der Waals surface area contributed by atoms with Crippen molar-refractivity contribution in [2.45, 2.75) is 6.54 Å². The Morgan fingerprint density at radius 3 is 2.64 bits per heavy atom. The topological polar surface area (TPSA) is 87.7 Å². The molecule has 2 aromatic carbocycles. The van der Waals surface area contributed by atoms with E-state index < -0.39 is 6.03 Å². The third kappa shape index (κ3) is 4.35. The Bertz CT molecular complexity index is 776. The second-order valence-electron chi connectivity index (χ2n) is 5.49. The maximum atomic E-state index is 12.0. The molecule has 7 heteroatoms. The molecule has 128 valence electrons. The minimum absolute atomic E-state index is 0.0199. The van der Waals surface area contributed by atoms with Gasteiger partial charge in [-0.15, -0.1) is 0 Å². The monoisotopic (exact) mass is 339 g/mol. The molecule has 0 aliphatic carbocycles. The van der Waals surface area contributed by atoms with Crippen LogP contribution in [0.25, 0.3) is 0 Å². The van der Waals surface area contributed by atoms with E-state index in [4.69, 9.17) is 4.74 Å². The van der Waals surface area contributed by atoms with Crippen molar-refractivity contribution in [3.63, 3.8) is 0 Å². The third-order valence-corrected chi connectivity index (χ3v) is 3.60. The van der Waals surface area contributed by atoms with Crippen LogP contribution in [0.2, 0.25) is 0 Å². The van der Waals surface area contributed by atoms with Crippen LogP contribution in [0.3, 0.4) is 0 Å². The smallest absolute Gasteiger partial charge is 0.324 e. The zero-order valence-corrected chi connectivity index (χ0v) is 13.4. The Hall–Kier alpha value is -3.35. The molecule has 1 saturated heterocycles. The number of rotatable bonds is 6. The van der Waals surface area contributed by atoms with Gasteiger partial charge in [0.1, 0.15) is 5.75 Å². The van der Waals surface area contributed by atoms with Crippen LogP contribution in [0.1, 0.15) is 5.56 Å². The highest BCUT2D eigenvalue weighted by Gasteiger charge is 2.28. The SMILES string of the molecule is O=C(COc1ccccc1)Nc1cccc(CN2C(=O)CNC2=O)c1. The predicted molar refractivity (Wildman–Crippen MR) is 91.0 cm³/mol. The molecular formula is C18H17N3O4. The fourth-order valence-electron chi connectivity index (χ4n) is 2.41. The normalized spacial score (nSPS) is 13.5. The van der Waals surface area contributed by atoms with E-state index in [1.54, 1.807) is 36.4 Å². The summed E-state index contributed by atoms with van der Waals surface area (Å²) in [5, 5.41) is 5.20. The van der Waals surface area contributed by atoms with Gasteiger partial charge < -0.3 is 15.4 Å². The van der Waals surface area contributed by atoms with Crippen molar-refractivity contribution in [1.82, 2.24) is 10.2 Å². The number of amides is 4. The van der Waals surface area contributed by atoms with Crippen LogP contribution < -0.4 is 15.4 Å². The van der Waals surface area contributed by atoms with Gasteiger partial charge in [-0.25, -0.2) is 4.79 Å². The predicted octanol–water partition coefficient (Wildman–Crippen LogP) is 1.76. The minimum atomic E-state index is -0.407. The maximum Gasteiger partial charge on any atom is 0.324 e. The number of carbonyl (C=O) groups excluding carboxylic acids is 3. The maximum absolute atomic E-state index is 12.0. The molecule has 0 atom stereocenters. The lowest BCUT2D eigenvalue weighted by Gasteiger charge is -2.13. The van der Waals surface area contributed by atoms with Crippen LogP contribution in [0.5, 0.6) is 5.75 Å². The number of imide groups is 1. The summed E-state index contributed by atoms with van der Waals surface area (Å²) in [5.74, 6) is 0.0525. The molecule has 2 N–H and O–H groups in total. The Morgan fingerprint density at radius 2 is 1.92 bits per heavy atom. The molecule has 2 aromatic rings. The van der Waals surface area contributed by atoms with Crippen LogP contribution in [0.15, 0.2) is 54.6 Å². The fraction of sp³-hybridized carbons (Fsp3) is 0.167. The first-order valence-electron chi connectivity index (χ1n) is 7.76. The molecule has 3 rings (SSSR count). The molecule has 4 amide bonds. The minimum Gasteiger partial charge on any atom is -0.484 e. The van der Waals surface area contributed by atoms with E-state index in [1.165, 1.54) is 0 Å². The summed E-state index contributed by atoms with van der Waals surface area (Å²) >= 11 is 0. The summed E-state index contributed by atoms with van der Waals surface area (Å²) in [7, 11) is 0. The average molecular weight is 339 g/mol. The zero-order chi connectivity index (χ0) is 17.6. The van der Waals surface area contributed by atoms with Crippen molar-refractivity contribution in [3.05, 3.63) is 60.2 Å². The van der Waals surface area contributed by atoms with E-state index in [1.807, 2.05) is 18.2 Å². The van der Waals surface area contributed by atoms with Gasteiger partial charge in [-0.2, -0.15) is 0 Å². The lowest BCUT2D eigenvalue weighted by Crippen LogP contribution is -2.30. The Kier molecular flexibility index (Phi) is 4.94. The number of para-hydroxylation sites is 1. The van der Waals surface area contributed by atoms with Gasteiger partial charge in [-0.05, 0) is 29.8 Å².